The number of carboxylic acids is 1. The number of hydrogen-bond donors (Lipinski definition) is 1. The smallest absolute Gasteiger partial charge is 0.318 e. The highest BCUT2D eigenvalue weighted by atomic mass is 79.9. The van der Waals surface area contributed by atoms with Gasteiger partial charge in [-0.15, -0.1) is 0 Å². The van der Waals surface area contributed by atoms with Crippen LogP contribution < -0.4 is 0 Å². The summed E-state index contributed by atoms with van der Waals surface area (Å²) in [7, 11) is 0. The van der Waals surface area contributed by atoms with E-state index in [0.717, 1.165) is 12.8 Å². The Morgan fingerprint density at radius 2 is 1.77 bits per heavy atom. The normalized spacial score (nSPS) is 23.8. The quantitative estimate of drug-likeness (QED) is 0.813. The number of hydrogen-bond acceptors (Lipinski definition) is 1. The SMILES string of the molecule is O=C(O)[C@@H](Br)[C@@H](Br)C1CCCCC1. The molecule has 2 nitrogen and oxygen atoms in total. The van der Waals surface area contributed by atoms with Crippen molar-refractivity contribution in [2.24, 2.45) is 5.92 Å². The van der Waals surface area contributed by atoms with Gasteiger partial charge in [-0.2, -0.15) is 0 Å². The summed E-state index contributed by atoms with van der Waals surface area (Å²) in [5.41, 5.74) is 0. The lowest BCUT2D eigenvalue weighted by Gasteiger charge is -2.27. The van der Waals surface area contributed by atoms with Crippen molar-refractivity contribution in [3.8, 4) is 0 Å². The van der Waals surface area contributed by atoms with E-state index in [-0.39, 0.29) is 4.83 Å². The maximum atomic E-state index is 10.7. The molecular weight excluding hydrogens is 300 g/mol. The molecule has 1 fully saturated rings. The van der Waals surface area contributed by atoms with Crippen LogP contribution in [0.25, 0.3) is 0 Å². The first-order valence-electron chi connectivity index (χ1n) is 4.64. The van der Waals surface area contributed by atoms with Crippen LogP contribution in [0.1, 0.15) is 32.1 Å². The van der Waals surface area contributed by atoms with Crippen LogP contribution in [0.5, 0.6) is 0 Å². The Balaban J connectivity index is 2.44. The molecule has 76 valence electrons. The molecule has 0 aromatic carbocycles. The average molecular weight is 314 g/mol. The predicted octanol–water partition coefficient (Wildman–Crippen LogP) is 3.18. The summed E-state index contributed by atoms with van der Waals surface area (Å²) in [6.45, 7) is 0. The number of rotatable bonds is 3. The molecule has 0 saturated heterocycles. The topological polar surface area (TPSA) is 37.3 Å². The number of carboxylic acid groups (broad SMARTS) is 1. The molecule has 0 amide bonds. The molecule has 0 unspecified atom stereocenters. The van der Waals surface area contributed by atoms with Crippen molar-refractivity contribution in [1.82, 2.24) is 0 Å². The summed E-state index contributed by atoms with van der Waals surface area (Å²) < 4.78 is 0. The molecule has 1 aliphatic rings. The van der Waals surface area contributed by atoms with Gasteiger partial charge < -0.3 is 5.11 Å². The van der Waals surface area contributed by atoms with Crippen LogP contribution in [0.2, 0.25) is 0 Å². The molecule has 1 rings (SSSR count). The fourth-order valence-electron chi connectivity index (χ4n) is 1.83. The summed E-state index contributed by atoms with van der Waals surface area (Å²) in [5, 5.41) is 8.81. The molecule has 1 aliphatic carbocycles. The summed E-state index contributed by atoms with van der Waals surface area (Å²) in [6.07, 6.45) is 6.10. The Morgan fingerprint density at radius 1 is 1.23 bits per heavy atom. The van der Waals surface area contributed by atoms with Crippen LogP contribution in [0.3, 0.4) is 0 Å². The fraction of sp³-hybridized carbons (Fsp3) is 0.889. The number of carbonyl (C=O) groups is 1. The molecule has 13 heavy (non-hydrogen) atoms. The lowest BCUT2D eigenvalue weighted by molar-refractivity contribution is -0.136. The van der Waals surface area contributed by atoms with E-state index in [1.54, 1.807) is 0 Å². The summed E-state index contributed by atoms with van der Waals surface area (Å²) in [6, 6.07) is 0. The molecule has 4 heteroatoms. The van der Waals surface area contributed by atoms with Gasteiger partial charge >= 0.3 is 5.97 Å². The molecule has 0 bridgehead atoms. The van der Waals surface area contributed by atoms with Gasteiger partial charge in [-0.05, 0) is 18.8 Å². The van der Waals surface area contributed by atoms with Crippen LogP contribution in [-0.4, -0.2) is 20.7 Å². The van der Waals surface area contributed by atoms with Crippen LogP contribution in [0, 0.1) is 5.92 Å². The Labute approximate surface area is 95.3 Å². The monoisotopic (exact) mass is 312 g/mol. The Hall–Kier alpha value is 0.430. The lowest BCUT2D eigenvalue weighted by Crippen LogP contribution is -2.31. The first kappa shape index (κ1) is 11.5. The zero-order valence-corrected chi connectivity index (χ0v) is 10.6. The molecule has 0 heterocycles. The van der Waals surface area contributed by atoms with Crippen LogP contribution in [0.15, 0.2) is 0 Å². The molecular formula is C9H14Br2O2. The zero-order chi connectivity index (χ0) is 9.84. The third-order valence-corrected chi connectivity index (χ3v) is 5.56. The van der Waals surface area contributed by atoms with E-state index in [4.69, 9.17) is 5.11 Å². The van der Waals surface area contributed by atoms with Crippen LogP contribution in [0.4, 0.5) is 0 Å². The van der Waals surface area contributed by atoms with Crippen LogP contribution >= 0.6 is 31.9 Å². The van der Waals surface area contributed by atoms with E-state index >= 15 is 0 Å². The molecule has 0 radical (unpaired) electrons. The number of aliphatic carboxylic acids is 1. The van der Waals surface area contributed by atoms with Gasteiger partial charge in [0.2, 0.25) is 0 Å². The molecule has 2 atom stereocenters. The van der Waals surface area contributed by atoms with E-state index in [1.165, 1.54) is 19.3 Å². The molecule has 0 aromatic rings. The highest BCUT2D eigenvalue weighted by Crippen LogP contribution is 2.33. The Morgan fingerprint density at radius 3 is 2.23 bits per heavy atom. The summed E-state index contributed by atoms with van der Waals surface area (Å²) >= 11 is 6.67. The largest absolute Gasteiger partial charge is 0.480 e. The molecule has 0 spiro atoms. The van der Waals surface area contributed by atoms with Crippen LogP contribution in [-0.2, 0) is 4.79 Å². The van der Waals surface area contributed by atoms with Gasteiger partial charge in [0.15, 0.2) is 0 Å². The van der Waals surface area contributed by atoms with Gasteiger partial charge in [-0.25, -0.2) is 0 Å². The third-order valence-electron chi connectivity index (χ3n) is 2.62. The van der Waals surface area contributed by atoms with Gasteiger partial charge in [-0.1, -0.05) is 51.1 Å². The molecule has 0 aromatic heterocycles. The van der Waals surface area contributed by atoms with Crippen molar-refractivity contribution in [3.05, 3.63) is 0 Å². The summed E-state index contributed by atoms with van der Waals surface area (Å²) in [4.78, 5) is 10.3. The first-order valence-corrected chi connectivity index (χ1v) is 6.47. The molecule has 1 N–H and O–H groups in total. The second-order valence-electron chi connectivity index (χ2n) is 3.58. The Kier molecular flexibility index (Phi) is 4.73. The number of halogens is 2. The highest BCUT2D eigenvalue weighted by molar-refractivity contribution is 9.12. The van der Waals surface area contributed by atoms with Crippen molar-refractivity contribution < 1.29 is 9.90 Å². The van der Waals surface area contributed by atoms with E-state index in [9.17, 15) is 4.79 Å². The second kappa shape index (κ2) is 5.35. The van der Waals surface area contributed by atoms with Crippen molar-refractivity contribution in [3.63, 3.8) is 0 Å². The fourth-order valence-corrected chi connectivity index (χ4v) is 3.01. The van der Waals surface area contributed by atoms with Crippen molar-refractivity contribution in [2.75, 3.05) is 0 Å². The van der Waals surface area contributed by atoms with Gasteiger partial charge in [0, 0.05) is 4.83 Å². The average Bonchev–Trinajstić information content (AvgIpc) is 2.17. The standard InChI is InChI=1S/C9H14Br2O2/c10-7(8(11)9(12)13)6-4-2-1-3-5-6/h6-8H,1-5H2,(H,12,13)/t7-,8-/m0/s1. The van der Waals surface area contributed by atoms with E-state index in [1.807, 2.05) is 0 Å². The van der Waals surface area contributed by atoms with Crippen molar-refractivity contribution in [1.29, 1.82) is 0 Å². The predicted molar refractivity (Wildman–Crippen MR) is 59.6 cm³/mol. The highest BCUT2D eigenvalue weighted by Gasteiger charge is 2.30. The molecule has 1 saturated carbocycles. The van der Waals surface area contributed by atoms with Crippen molar-refractivity contribution >= 4 is 37.8 Å². The first-order chi connectivity index (χ1) is 6.13. The van der Waals surface area contributed by atoms with Gasteiger partial charge in [0.05, 0.1) is 0 Å². The van der Waals surface area contributed by atoms with Gasteiger partial charge in [-0.3, -0.25) is 4.79 Å². The van der Waals surface area contributed by atoms with Gasteiger partial charge in [0.25, 0.3) is 0 Å². The van der Waals surface area contributed by atoms with E-state index in [2.05, 4.69) is 31.9 Å². The second-order valence-corrected chi connectivity index (χ2v) is 5.63. The number of alkyl halides is 2. The Bertz CT molecular complexity index is 178. The minimum absolute atomic E-state index is 0.0744. The zero-order valence-electron chi connectivity index (χ0n) is 7.38. The summed E-state index contributed by atoms with van der Waals surface area (Å²) in [5.74, 6) is -0.248. The van der Waals surface area contributed by atoms with E-state index < -0.39 is 10.8 Å². The minimum atomic E-state index is -0.771. The van der Waals surface area contributed by atoms with Crippen molar-refractivity contribution in [2.45, 2.75) is 41.8 Å². The minimum Gasteiger partial charge on any atom is -0.480 e. The molecule has 0 aliphatic heterocycles. The van der Waals surface area contributed by atoms with Gasteiger partial charge in [0.1, 0.15) is 4.83 Å². The third kappa shape index (κ3) is 3.24. The maximum absolute atomic E-state index is 10.7. The maximum Gasteiger partial charge on any atom is 0.318 e. The lowest BCUT2D eigenvalue weighted by atomic mass is 9.86. The van der Waals surface area contributed by atoms with E-state index in [0.29, 0.717) is 5.92 Å².